The number of aliphatic imine (C=N–C) groups is 1. The van der Waals surface area contributed by atoms with Crippen LogP contribution in [0.25, 0.3) is 0 Å². The third-order valence-corrected chi connectivity index (χ3v) is 3.68. The van der Waals surface area contributed by atoms with Crippen molar-refractivity contribution in [2.45, 2.75) is 19.3 Å². The SMILES string of the molecule is CN1CCN=C1NCC(C)(C)c1ccccc1Cl. The van der Waals surface area contributed by atoms with E-state index in [4.69, 9.17) is 11.6 Å². The van der Waals surface area contributed by atoms with Crippen LogP contribution in [0.5, 0.6) is 0 Å². The molecule has 0 unspecified atom stereocenters. The predicted molar refractivity (Wildman–Crippen MR) is 77.4 cm³/mol. The lowest BCUT2D eigenvalue weighted by atomic mass is 9.84. The minimum Gasteiger partial charge on any atom is -0.355 e. The second-order valence-electron chi connectivity index (χ2n) is 5.34. The lowest BCUT2D eigenvalue weighted by Gasteiger charge is -2.28. The van der Waals surface area contributed by atoms with Gasteiger partial charge in [0.1, 0.15) is 0 Å². The summed E-state index contributed by atoms with van der Waals surface area (Å²) in [5.41, 5.74) is 1.14. The smallest absolute Gasteiger partial charge is 0.193 e. The van der Waals surface area contributed by atoms with Crippen LogP contribution in [0.15, 0.2) is 29.3 Å². The van der Waals surface area contributed by atoms with Gasteiger partial charge in [0.2, 0.25) is 0 Å². The summed E-state index contributed by atoms with van der Waals surface area (Å²) < 4.78 is 0. The Kier molecular flexibility index (Phi) is 3.81. The molecule has 1 aromatic rings. The molecule has 0 fully saturated rings. The number of guanidine groups is 1. The number of benzene rings is 1. The van der Waals surface area contributed by atoms with E-state index in [1.54, 1.807) is 0 Å². The second-order valence-corrected chi connectivity index (χ2v) is 5.75. The number of nitrogens with one attached hydrogen (secondary N) is 1. The van der Waals surface area contributed by atoms with Crippen molar-refractivity contribution in [1.82, 2.24) is 10.2 Å². The van der Waals surface area contributed by atoms with Crippen molar-refractivity contribution in [3.63, 3.8) is 0 Å². The highest BCUT2D eigenvalue weighted by Crippen LogP contribution is 2.29. The van der Waals surface area contributed by atoms with Crippen molar-refractivity contribution in [3.8, 4) is 0 Å². The third-order valence-electron chi connectivity index (χ3n) is 3.35. The van der Waals surface area contributed by atoms with Crippen LogP contribution >= 0.6 is 11.6 Å². The molecule has 0 saturated carbocycles. The van der Waals surface area contributed by atoms with Crippen LogP contribution in [0, 0.1) is 0 Å². The van der Waals surface area contributed by atoms with Crippen molar-refractivity contribution < 1.29 is 0 Å². The summed E-state index contributed by atoms with van der Waals surface area (Å²) in [6.07, 6.45) is 0. The molecule has 98 valence electrons. The lowest BCUT2D eigenvalue weighted by molar-refractivity contribution is 0.481. The molecule has 0 spiro atoms. The molecule has 3 nitrogen and oxygen atoms in total. The Morgan fingerprint density at radius 3 is 2.72 bits per heavy atom. The normalized spacial score (nSPS) is 15.8. The van der Waals surface area contributed by atoms with E-state index >= 15 is 0 Å². The Labute approximate surface area is 114 Å². The molecule has 0 aromatic heterocycles. The van der Waals surface area contributed by atoms with Crippen molar-refractivity contribution in [2.24, 2.45) is 4.99 Å². The van der Waals surface area contributed by atoms with Gasteiger partial charge in [0, 0.05) is 30.6 Å². The molecule has 0 aliphatic carbocycles. The quantitative estimate of drug-likeness (QED) is 0.909. The topological polar surface area (TPSA) is 27.6 Å². The number of halogens is 1. The van der Waals surface area contributed by atoms with E-state index in [9.17, 15) is 0 Å². The van der Waals surface area contributed by atoms with Crippen LogP contribution in [0.2, 0.25) is 5.02 Å². The van der Waals surface area contributed by atoms with Gasteiger partial charge in [-0.05, 0) is 11.6 Å². The standard InChI is InChI=1S/C14H20ClN3/c1-14(2,11-6-4-5-7-12(11)15)10-17-13-16-8-9-18(13)3/h4-7H,8-10H2,1-3H3,(H,16,17). The zero-order valence-electron chi connectivity index (χ0n) is 11.2. The van der Waals surface area contributed by atoms with Crippen LogP contribution in [0.3, 0.4) is 0 Å². The van der Waals surface area contributed by atoms with E-state index in [1.807, 2.05) is 18.2 Å². The van der Waals surface area contributed by atoms with Gasteiger partial charge in [-0.15, -0.1) is 0 Å². The Morgan fingerprint density at radius 2 is 2.11 bits per heavy atom. The highest BCUT2D eigenvalue weighted by Gasteiger charge is 2.24. The average molecular weight is 266 g/mol. The molecule has 1 N–H and O–H groups in total. The first-order chi connectivity index (χ1) is 8.50. The molecule has 1 heterocycles. The van der Waals surface area contributed by atoms with Gasteiger partial charge in [-0.3, -0.25) is 4.99 Å². The van der Waals surface area contributed by atoms with Gasteiger partial charge in [0.05, 0.1) is 6.54 Å². The minimum absolute atomic E-state index is 0.0235. The third kappa shape index (κ3) is 2.78. The van der Waals surface area contributed by atoms with Gasteiger partial charge in [0.25, 0.3) is 0 Å². The summed E-state index contributed by atoms with van der Waals surface area (Å²) >= 11 is 6.26. The Hall–Kier alpha value is -1.22. The van der Waals surface area contributed by atoms with E-state index in [1.165, 1.54) is 5.56 Å². The zero-order valence-corrected chi connectivity index (χ0v) is 12.0. The van der Waals surface area contributed by atoms with Crippen LogP contribution in [-0.4, -0.2) is 37.5 Å². The van der Waals surface area contributed by atoms with Crippen molar-refractivity contribution in [2.75, 3.05) is 26.7 Å². The van der Waals surface area contributed by atoms with Crippen LogP contribution in [0.4, 0.5) is 0 Å². The number of likely N-dealkylation sites (N-methyl/N-ethyl adjacent to an activating group) is 1. The first-order valence-electron chi connectivity index (χ1n) is 6.25. The summed E-state index contributed by atoms with van der Waals surface area (Å²) in [5.74, 6) is 0.982. The monoisotopic (exact) mass is 265 g/mol. The Morgan fingerprint density at radius 1 is 1.39 bits per heavy atom. The van der Waals surface area contributed by atoms with Gasteiger partial charge in [0.15, 0.2) is 5.96 Å². The van der Waals surface area contributed by atoms with E-state index in [-0.39, 0.29) is 5.41 Å². The maximum atomic E-state index is 6.26. The maximum absolute atomic E-state index is 6.26. The van der Waals surface area contributed by atoms with E-state index < -0.39 is 0 Å². The Bertz CT molecular complexity index is 454. The lowest BCUT2D eigenvalue weighted by Crippen LogP contribution is -2.42. The fraction of sp³-hybridized carbons (Fsp3) is 0.500. The van der Waals surface area contributed by atoms with Crippen LogP contribution < -0.4 is 5.32 Å². The minimum atomic E-state index is -0.0235. The summed E-state index contributed by atoms with van der Waals surface area (Å²) in [6.45, 7) is 7.08. The molecular weight excluding hydrogens is 246 g/mol. The fourth-order valence-electron chi connectivity index (χ4n) is 2.13. The van der Waals surface area contributed by atoms with Gasteiger partial charge in [-0.25, -0.2) is 0 Å². The summed E-state index contributed by atoms with van der Waals surface area (Å²) in [5, 5.41) is 4.24. The molecule has 0 saturated heterocycles. The molecule has 0 amide bonds. The van der Waals surface area contributed by atoms with Crippen molar-refractivity contribution in [1.29, 1.82) is 0 Å². The van der Waals surface area contributed by atoms with Gasteiger partial charge in [-0.1, -0.05) is 43.6 Å². The highest BCUT2D eigenvalue weighted by atomic mass is 35.5. The first kappa shape index (κ1) is 13.2. The predicted octanol–water partition coefficient (Wildman–Crippen LogP) is 2.51. The van der Waals surface area contributed by atoms with Gasteiger partial charge in [-0.2, -0.15) is 0 Å². The molecule has 0 bridgehead atoms. The second kappa shape index (κ2) is 5.19. The van der Waals surface area contributed by atoms with Crippen LogP contribution in [-0.2, 0) is 5.41 Å². The maximum Gasteiger partial charge on any atom is 0.193 e. The largest absolute Gasteiger partial charge is 0.355 e. The molecule has 1 aliphatic heterocycles. The molecular formula is C14H20ClN3. The molecule has 1 aliphatic rings. The number of hydrogen-bond donors (Lipinski definition) is 1. The molecule has 1 aromatic carbocycles. The number of rotatable bonds is 3. The molecule has 18 heavy (non-hydrogen) atoms. The molecule has 2 rings (SSSR count). The highest BCUT2D eigenvalue weighted by molar-refractivity contribution is 6.31. The van der Waals surface area contributed by atoms with E-state index in [0.717, 1.165) is 30.6 Å². The van der Waals surface area contributed by atoms with Crippen molar-refractivity contribution >= 4 is 17.6 Å². The average Bonchev–Trinajstić information content (AvgIpc) is 2.73. The molecule has 0 radical (unpaired) electrons. The van der Waals surface area contributed by atoms with Gasteiger partial charge < -0.3 is 10.2 Å². The molecule has 4 heteroatoms. The Balaban J connectivity index is 2.06. The summed E-state index contributed by atoms with van der Waals surface area (Å²) in [7, 11) is 2.06. The summed E-state index contributed by atoms with van der Waals surface area (Å²) in [4.78, 5) is 6.58. The fourth-order valence-corrected chi connectivity index (χ4v) is 2.52. The van der Waals surface area contributed by atoms with E-state index in [2.05, 4.69) is 42.2 Å². The van der Waals surface area contributed by atoms with Crippen molar-refractivity contribution in [3.05, 3.63) is 34.9 Å². The van der Waals surface area contributed by atoms with Gasteiger partial charge >= 0.3 is 0 Å². The number of hydrogen-bond acceptors (Lipinski definition) is 3. The zero-order chi connectivity index (χ0) is 13.2. The van der Waals surface area contributed by atoms with E-state index in [0.29, 0.717) is 0 Å². The number of nitrogens with zero attached hydrogens (tertiary/aromatic N) is 2. The summed E-state index contributed by atoms with van der Waals surface area (Å²) in [6, 6.07) is 8.02. The first-order valence-corrected chi connectivity index (χ1v) is 6.63. The molecule has 0 atom stereocenters. The van der Waals surface area contributed by atoms with Crippen LogP contribution in [0.1, 0.15) is 19.4 Å².